The summed E-state index contributed by atoms with van der Waals surface area (Å²) in [5.74, 6) is 5.58. The zero-order valence-electron chi connectivity index (χ0n) is 16.2. The number of Topliss-reactive ketones (excluding diaryl/α,β-unsaturated/α-hetero) is 1. The molecule has 3 aromatic rings. The summed E-state index contributed by atoms with van der Waals surface area (Å²) in [6, 6.07) is 16.2. The van der Waals surface area contributed by atoms with E-state index in [9.17, 15) is 9.59 Å². The van der Waals surface area contributed by atoms with Gasteiger partial charge in [0.2, 0.25) is 5.78 Å². The molecule has 1 aliphatic heterocycles. The normalized spacial score (nSPS) is 14.3. The summed E-state index contributed by atoms with van der Waals surface area (Å²) in [4.78, 5) is 31.3. The van der Waals surface area contributed by atoms with E-state index in [0.717, 1.165) is 16.7 Å². The number of pyridine rings is 1. The lowest BCUT2D eigenvalue weighted by Gasteiger charge is -2.26. The van der Waals surface area contributed by atoms with Crippen molar-refractivity contribution < 1.29 is 9.59 Å². The number of benzene rings is 2. The smallest absolute Gasteiger partial charge is 0.262 e. The van der Waals surface area contributed by atoms with E-state index in [1.807, 2.05) is 18.2 Å². The number of likely N-dealkylation sites (N-methyl/N-ethyl adjacent to an activating group) is 1. The third-order valence-corrected chi connectivity index (χ3v) is 5.09. The van der Waals surface area contributed by atoms with Crippen LogP contribution in [0, 0.1) is 11.8 Å². The summed E-state index contributed by atoms with van der Waals surface area (Å²) in [5, 5.41) is 0.593. The van der Waals surface area contributed by atoms with Crippen molar-refractivity contribution in [1.82, 2.24) is 4.98 Å². The molecule has 0 N–H and O–H groups in total. The second kappa shape index (κ2) is 8.36. The summed E-state index contributed by atoms with van der Waals surface area (Å²) in [5.41, 5.74) is 3.70. The lowest BCUT2D eigenvalue weighted by atomic mass is 9.92. The van der Waals surface area contributed by atoms with E-state index in [-0.39, 0.29) is 17.3 Å². The first kappa shape index (κ1) is 19.6. The highest BCUT2D eigenvalue weighted by molar-refractivity contribution is 6.36. The van der Waals surface area contributed by atoms with Gasteiger partial charge in [0.1, 0.15) is 0 Å². The molecule has 5 heteroatoms. The van der Waals surface area contributed by atoms with E-state index >= 15 is 0 Å². The average Bonchev–Trinajstić information content (AvgIpc) is 2.77. The van der Waals surface area contributed by atoms with Crippen LogP contribution in [0.1, 0.15) is 27.0 Å². The van der Waals surface area contributed by atoms with E-state index in [0.29, 0.717) is 22.7 Å². The van der Waals surface area contributed by atoms with Crippen molar-refractivity contribution in [3.63, 3.8) is 0 Å². The Morgan fingerprint density at radius 2 is 1.77 bits per heavy atom. The highest BCUT2D eigenvalue weighted by atomic mass is 35.5. The number of anilines is 1. The Labute approximate surface area is 179 Å². The third-order valence-electron chi connectivity index (χ3n) is 4.84. The molecular weight excluding hydrogens is 396 g/mol. The number of fused-ring (bicyclic) bond motifs is 1. The maximum Gasteiger partial charge on any atom is 0.262 e. The summed E-state index contributed by atoms with van der Waals surface area (Å²) in [6.07, 6.45) is 5.65. The van der Waals surface area contributed by atoms with Crippen molar-refractivity contribution in [2.45, 2.75) is 6.42 Å². The average molecular weight is 413 g/mol. The molecule has 4 rings (SSSR count). The van der Waals surface area contributed by atoms with Crippen molar-refractivity contribution in [1.29, 1.82) is 0 Å². The van der Waals surface area contributed by atoms with Gasteiger partial charge in [-0.2, -0.15) is 0 Å². The van der Waals surface area contributed by atoms with E-state index in [1.54, 1.807) is 61.9 Å². The molecule has 0 radical (unpaired) electrons. The Morgan fingerprint density at radius 3 is 2.50 bits per heavy atom. The molecule has 0 saturated carbocycles. The number of hydrogen-bond donors (Lipinski definition) is 0. The zero-order chi connectivity index (χ0) is 21.1. The van der Waals surface area contributed by atoms with Crippen LogP contribution in [0.4, 0.5) is 5.69 Å². The van der Waals surface area contributed by atoms with Gasteiger partial charge in [0.05, 0.1) is 11.3 Å². The summed E-state index contributed by atoms with van der Waals surface area (Å²) in [6.45, 7) is 0. The minimum atomic E-state index is -0.334. The van der Waals surface area contributed by atoms with Crippen LogP contribution in [0.3, 0.4) is 0 Å². The van der Waals surface area contributed by atoms with Gasteiger partial charge < -0.3 is 4.90 Å². The minimum absolute atomic E-state index is 0.120. The number of carbonyl (C=O) groups excluding carboxylic acids is 2. The van der Waals surface area contributed by atoms with Crippen molar-refractivity contribution >= 4 is 35.1 Å². The van der Waals surface area contributed by atoms with Crippen molar-refractivity contribution in [3.05, 3.63) is 99.8 Å². The van der Waals surface area contributed by atoms with Crippen LogP contribution in [0.5, 0.6) is 0 Å². The summed E-state index contributed by atoms with van der Waals surface area (Å²) < 4.78 is 0. The van der Waals surface area contributed by atoms with Gasteiger partial charge in [-0.05, 0) is 59.7 Å². The van der Waals surface area contributed by atoms with Crippen LogP contribution in [0.2, 0.25) is 5.02 Å². The Morgan fingerprint density at radius 1 is 1.03 bits per heavy atom. The number of rotatable bonds is 2. The first-order valence-corrected chi connectivity index (χ1v) is 9.72. The molecule has 2 heterocycles. The SMILES string of the molecule is CN1C(=O)/C(=C/c2ccc(Cl)cc2)C(=O)c2cc(C#CCc3ccncc3)ccc21. The molecule has 0 bridgehead atoms. The number of ketones is 1. The van der Waals surface area contributed by atoms with Crippen molar-refractivity contribution in [2.75, 3.05) is 11.9 Å². The molecule has 0 spiro atoms. The molecule has 146 valence electrons. The molecule has 30 heavy (non-hydrogen) atoms. The molecule has 1 amide bonds. The zero-order valence-corrected chi connectivity index (χ0v) is 17.0. The summed E-state index contributed by atoms with van der Waals surface area (Å²) in [7, 11) is 1.66. The van der Waals surface area contributed by atoms with E-state index < -0.39 is 0 Å². The first-order valence-electron chi connectivity index (χ1n) is 9.35. The van der Waals surface area contributed by atoms with Crippen molar-refractivity contribution in [2.24, 2.45) is 0 Å². The predicted molar refractivity (Wildman–Crippen MR) is 118 cm³/mol. The molecule has 0 fully saturated rings. The first-order chi connectivity index (χ1) is 14.5. The third kappa shape index (κ3) is 4.03. The van der Waals surface area contributed by atoms with E-state index in [4.69, 9.17) is 11.6 Å². The lowest BCUT2D eigenvalue weighted by Crippen LogP contribution is -2.36. The van der Waals surface area contributed by atoms with Crippen LogP contribution < -0.4 is 4.90 Å². The molecule has 2 aromatic carbocycles. The van der Waals surface area contributed by atoms with Crippen LogP contribution in [-0.2, 0) is 11.2 Å². The van der Waals surface area contributed by atoms with Gasteiger partial charge in [-0.25, -0.2) is 0 Å². The van der Waals surface area contributed by atoms with Gasteiger partial charge in [0.25, 0.3) is 5.91 Å². The Bertz CT molecular complexity index is 1220. The Balaban J connectivity index is 1.66. The maximum absolute atomic E-state index is 13.1. The summed E-state index contributed by atoms with van der Waals surface area (Å²) >= 11 is 5.92. The van der Waals surface area contributed by atoms with Gasteiger partial charge in [-0.15, -0.1) is 0 Å². The number of carbonyl (C=O) groups is 2. The minimum Gasteiger partial charge on any atom is -0.311 e. The Hall–Kier alpha value is -3.68. The molecule has 0 unspecified atom stereocenters. The van der Waals surface area contributed by atoms with Crippen LogP contribution in [0.15, 0.2) is 72.6 Å². The van der Waals surface area contributed by atoms with Gasteiger partial charge in [0.15, 0.2) is 0 Å². The molecule has 1 aliphatic rings. The topological polar surface area (TPSA) is 50.3 Å². The number of hydrogen-bond acceptors (Lipinski definition) is 3. The Kier molecular flexibility index (Phi) is 5.47. The highest BCUT2D eigenvalue weighted by Crippen LogP contribution is 2.31. The monoisotopic (exact) mass is 412 g/mol. The van der Waals surface area contributed by atoms with E-state index in [1.165, 1.54) is 4.90 Å². The fraction of sp³-hybridized carbons (Fsp3) is 0.0800. The predicted octanol–water partition coefficient (Wildman–Crippen LogP) is 4.57. The molecule has 4 nitrogen and oxygen atoms in total. The second-order valence-electron chi connectivity index (χ2n) is 6.87. The molecule has 0 atom stereocenters. The van der Waals surface area contributed by atoms with Crippen LogP contribution in [-0.4, -0.2) is 23.7 Å². The quantitative estimate of drug-likeness (QED) is 0.352. The fourth-order valence-corrected chi connectivity index (χ4v) is 3.35. The second-order valence-corrected chi connectivity index (χ2v) is 7.31. The number of amides is 1. The largest absolute Gasteiger partial charge is 0.311 e. The molecular formula is C25H17ClN2O2. The lowest BCUT2D eigenvalue weighted by molar-refractivity contribution is -0.114. The van der Waals surface area contributed by atoms with Crippen LogP contribution >= 0.6 is 11.6 Å². The maximum atomic E-state index is 13.1. The molecule has 0 aliphatic carbocycles. The van der Waals surface area contributed by atoms with Gasteiger partial charge in [0, 0.05) is 42.0 Å². The number of halogens is 1. The molecule has 1 aromatic heterocycles. The van der Waals surface area contributed by atoms with Gasteiger partial charge in [-0.1, -0.05) is 35.6 Å². The number of aromatic nitrogens is 1. The standard InChI is InChI=1S/C25H17ClN2O2/c1-28-23-10-7-18(4-2-3-17-11-13-27-14-12-17)15-21(23)24(29)22(25(28)30)16-19-5-8-20(26)9-6-19/h5-16H,3H2,1H3/b22-16+. The van der Waals surface area contributed by atoms with Gasteiger partial charge >= 0.3 is 0 Å². The molecule has 0 saturated heterocycles. The van der Waals surface area contributed by atoms with Gasteiger partial charge in [-0.3, -0.25) is 14.6 Å². The van der Waals surface area contributed by atoms with E-state index in [2.05, 4.69) is 16.8 Å². The van der Waals surface area contributed by atoms with Crippen molar-refractivity contribution in [3.8, 4) is 11.8 Å². The highest BCUT2D eigenvalue weighted by Gasteiger charge is 2.32. The number of nitrogens with zero attached hydrogens (tertiary/aromatic N) is 2. The van der Waals surface area contributed by atoms with Crippen LogP contribution in [0.25, 0.3) is 6.08 Å². The fourth-order valence-electron chi connectivity index (χ4n) is 3.22.